The summed E-state index contributed by atoms with van der Waals surface area (Å²) in [5.41, 5.74) is 11.0. The molecule has 6 rings (SSSR count). The molecule has 2 atom stereocenters. The van der Waals surface area contributed by atoms with E-state index in [0.29, 0.717) is 11.8 Å². The van der Waals surface area contributed by atoms with Crippen LogP contribution < -0.4 is 10.6 Å². The molecule has 1 saturated carbocycles. The van der Waals surface area contributed by atoms with E-state index in [4.69, 9.17) is 4.98 Å². The van der Waals surface area contributed by atoms with Gasteiger partial charge in [-0.1, -0.05) is 75.6 Å². The van der Waals surface area contributed by atoms with E-state index < -0.39 is 0 Å². The summed E-state index contributed by atoms with van der Waals surface area (Å²) in [6, 6.07) is 15.8. The standard InChI is InChI=1S/C29H27N/c1-5-8-21-17(2)30-28(27-19-12-11-18(15-19)26(21)27)20-13-14-23-22-9-6-7-10-24(22)29(3,4)25(23)16-20/h5-10,13-14,16,18-19H,1-2,11-12,15H2,3-4H3/b21-8+. The quantitative estimate of drug-likeness (QED) is 0.540. The van der Waals surface area contributed by atoms with Gasteiger partial charge in [0.05, 0.1) is 11.0 Å². The number of hydrogen-bond donors (Lipinski definition) is 0. The molecule has 0 spiro atoms. The maximum atomic E-state index is 5.08. The lowest BCUT2D eigenvalue weighted by Gasteiger charge is -2.23. The van der Waals surface area contributed by atoms with Crippen molar-refractivity contribution >= 4 is 12.7 Å². The lowest BCUT2D eigenvalue weighted by molar-refractivity contribution is 0.660. The molecule has 0 aliphatic heterocycles. The largest absolute Gasteiger partial charge is 0.248 e. The number of aromatic nitrogens is 1. The van der Waals surface area contributed by atoms with Crippen LogP contribution in [0.15, 0.2) is 55.1 Å². The van der Waals surface area contributed by atoms with E-state index in [1.165, 1.54) is 63.4 Å². The summed E-state index contributed by atoms with van der Waals surface area (Å²) in [5, 5.41) is 2.10. The molecule has 2 aromatic carbocycles. The number of benzene rings is 2. The van der Waals surface area contributed by atoms with Gasteiger partial charge in [-0.15, -0.1) is 0 Å². The molecule has 0 saturated heterocycles. The van der Waals surface area contributed by atoms with Crippen LogP contribution in [-0.2, 0) is 5.41 Å². The zero-order valence-electron chi connectivity index (χ0n) is 17.8. The van der Waals surface area contributed by atoms with Gasteiger partial charge in [-0.05, 0) is 70.5 Å². The average Bonchev–Trinajstić information content (AvgIpc) is 3.42. The van der Waals surface area contributed by atoms with Crippen LogP contribution in [-0.4, -0.2) is 4.98 Å². The molecule has 30 heavy (non-hydrogen) atoms. The first-order chi connectivity index (χ1) is 14.5. The number of fused-ring (bicyclic) bond motifs is 8. The van der Waals surface area contributed by atoms with Crippen molar-refractivity contribution in [3.8, 4) is 22.4 Å². The lowest BCUT2D eigenvalue weighted by Crippen LogP contribution is -2.33. The Morgan fingerprint density at radius 1 is 0.967 bits per heavy atom. The minimum Gasteiger partial charge on any atom is -0.248 e. The van der Waals surface area contributed by atoms with Gasteiger partial charge in [-0.3, -0.25) is 0 Å². The van der Waals surface area contributed by atoms with Crippen LogP contribution in [0.4, 0.5) is 0 Å². The number of nitrogens with zero attached hydrogens (tertiary/aromatic N) is 1. The van der Waals surface area contributed by atoms with Crippen LogP contribution in [0.2, 0.25) is 0 Å². The molecule has 1 heterocycles. The van der Waals surface area contributed by atoms with Crippen LogP contribution in [0.25, 0.3) is 35.0 Å². The van der Waals surface area contributed by atoms with Gasteiger partial charge >= 0.3 is 0 Å². The van der Waals surface area contributed by atoms with Crippen molar-refractivity contribution in [2.75, 3.05) is 0 Å². The highest BCUT2D eigenvalue weighted by Crippen LogP contribution is 2.55. The Bertz CT molecular complexity index is 1340. The minimum absolute atomic E-state index is 0.00790. The molecule has 2 bridgehead atoms. The van der Waals surface area contributed by atoms with E-state index >= 15 is 0 Å². The van der Waals surface area contributed by atoms with Crippen molar-refractivity contribution in [1.29, 1.82) is 0 Å². The molecule has 3 aromatic rings. The smallest absolute Gasteiger partial charge is 0.0747 e. The summed E-state index contributed by atoms with van der Waals surface area (Å²) < 4.78 is 0. The highest BCUT2D eigenvalue weighted by molar-refractivity contribution is 5.83. The molecule has 0 radical (unpaired) electrons. The Kier molecular flexibility index (Phi) is 3.60. The maximum absolute atomic E-state index is 5.08. The summed E-state index contributed by atoms with van der Waals surface area (Å²) in [7, 11) is 0. The van der Waals surface area contributed by atoms with E-state index in [2.05, 4.69) is 75.5 Å². The molecule has 148 valence electrons. The molecule has 2 unspecified atom stereocenters. The molecule has 1 heteroatoms. The highest BCUT2D eigenvalue weighted by Gasteiger charge is 2.41. The minimum atomic E-state index is 0.00790. The monoisotopic (exact) mass is 389 g/mol. The zero-order valence-corrected chi connectivity index (χ0v) is 17.8. The molecule has 0 N–H and O–H groups in total. The summed E-state index contributed by atoms with van der Waals surface area (Å²) in [6.45, 7) is 12.9. The number of allylic oxidation sites excluding steroid dienone is 1. The Morgan fingerprint density at radius 3 is 2.50 bits per heavy atom. The van der Waals surface area contributed by atoms with Crippen LogP contribution in [0.5, 0.6) is 0 Å². The molecule has 1 nitrogen and oxygen atoms in total. The Labute approximate surface area is 178 Å². The Balaban J connectivity index is 1.61. The molecule has 3 aliphatic carbocycles. The van der Waals surface area contributed by atoms with Gasteiger partial charge < -0.3 is 0 Å². The van der Waals surface area contributed by atoms with E-state index in [0.717, 1.165) is 11.0 Å². The van der Waals surface area contributed by atoms with Crippen molar-refractivity contribution in [1.82, 2.24) is 4.98 Å². The van der Waals surface area contributed by atoms with Crippen molar-refractivity contribution in [2.24, 2.45) is 0 Å². The van der Waals surface area contributed by atoms with Gasteiger partial charge in [0.15, 0.2) is 0 Å². The third-order valence-corrected chi connectivity index (χ3v) is 7.78. The van der Waals surface area contributed by atoms with Crippen molar-refractivity contribution in [2.45, 2.75) is 50.4 Å². The molecular weight excluding hydrogens is 362 g/mol. The summed E-state index contributed by atoms with van der Waals surface area (Å²) in [6.07, 6.45) is 7.85. The maximum Gasteiger partial charge on any atom is 0.0747 e. The second-order valence-corrected chi connectivity index (χ2v) is 9.69. The predicted molar refractivity (Wildman–Crippen MR) is 126 cm³/mol. The number of pyridine rings is 1. The van der Waals surface area contributed by atoms with Crippen LogP contribution in [0, 0.1) is 0 Å². The van der Waals surface area contributed by atoms with Crippen LogP contribution >= 0.6 is 0 Å². The van der Waals surface area contributed by atoms with Gasteiger partial charge in [0.25, 0.3) is 0 Å². The van der Waals surface area contributed by atoms with Crippen molar-refractivity contribution in [3.63, 3.8) is 0 Å². The van der Waals surface area contributed by atoms with Gasteiger partial charge in [-0.2, -0.15) is 0 Å². The average molecular weight is 390 g/mol. The summed E-state index contributed by atoms with van der Waals surface area (Å²) >= 11 is 0. The Morgan fingerprint density at radius 2 is 1.70 bits per heavy atom. The Hall–Kier alpha value is -2.93. The van der Waals surface area contributed by atoms with Crippen LogP contribution in [0.3, 0.4) is 0 Å². The summed E-state index contributed by atoms with van der Waals surface area (Å²) in [4.78, 5) is 5.08. The van der Waals surface area contributed by atoms with Gasteiger partial charge in [0.1, 0.15) is 0 Å². The van der Waals surface area contributed by atoms with Gasteiger partial charge in [0, 0.05) is 16.2 Å². The first-order valence-electron chi connectivity index (χ1n) is 11.1. The third-order valence-electron chi connectivity index (χ3n) is 7.78. The van der Waals surface area contributed by atoms with Crippen molar-refractivity contribution in [3.05, 3.63) is 87.9 Å². The number of rotatable bonds is 2. The molecule has 0 amide bonds. The van der Waals surface area contributed by atoms with E-state index in [1.54, 1.807) is 0 Å². The van der Waals surface area contributed by atoms with E-state index in [1.807, 2.05) is 6.08 Å². The molecular formula is C29H27N. The van der Waals surface area contributed by atoms with Gasteiger partial charge in [-0.25, -0.2) is 4.98 Å². The second kappa shape index (κ2) is 6.04. The van der Waals surface area contributed by atoms with E-state index in [9.17, 15) is 0 Å². The molecule has 1 fully saturated rings. The fourth-order valence-corrected chi connectivity index (χ4v) is 6.42. The summed E-state index contributed by atoms with van der Waals surface area (Å²) in [5.74, 6) is 1.30. The van der Waals surface area contributed by atoms with E-state index in [-0.39, 0.29) is 5.41 Å². The first kappa shape index (κ1) is 17.9. The first-order valence-corrected chi connectivity index (χ1v) is 11.1. The zero-order chi connectivity index (χ0) is 20.6. The van der Waals surface area contributed by atoms with Gasteiger partial charge in [0.2, 0.25) is 0 Å². The third kappa shape index (κ3) is 2.21. The topological polar surface area (TPSA) is 12.9 Å². The predicted octanol–water partition coefficient (Wildman–Crippen LogP) is 5.80. The lowest BCUT2D eigenvalue weighted by atomic mass is 9.81. The van der Waals surface area contributed by atoms with Crippen molar-refractivity contribution < 1.29 is 0 Å². The second-order valence-electron chi connectivity index (χ2n) is 9.69. The molecule has 1 aromatic heterocycles. The normalized spacial score (nSPS) is 22.7. The SMILES string of the molecule is C=C/C=c1/c2c(c(-c3ccc4c(c3)C(C)(C)c3ccccc3-4)nc1=C)C1CCC2C1. The fraction of sp³-hybridized carbons (Fsp3) is 0.276. The molecule has 3 aliphatic rings. The van der Waals surface area contributed by atoms with Crippen LogP contribution in [0.1, 0.15) is 67.2 Å². The fourth-order valence-electron chi connectivity index (χ4n) is 6.42. The number of hydrogen-bond acceptors (Lipinski definition) is 1. The highest BCUT2D eigenvalue weighted by atomic mass is 14.7.